The smallest absolute Gasteiger partial charge is 0.462 e. The molecule has 0 aliphatic heterocycles. The fourth-order valence-corrected chi connectivity index (χ4v) is 14.5. The van der Waals surface area contributed by atoms with Crippen LogP contribution in [0.5, 0.6) is 0 Å². The average Bonchev–Trinajstić information content (AvgIpc) is 0.987. The predicted molar refractivity (Wildman–Crippen MR) is 423 cm³/mol. The van der Waals surface area contributed by atoms with Crippen LogP contribution in [0, 0.1) is 23.7 Å². The van der Waals surface area contributed by atoms with E-state index in [1.165, 1.54) is 231 Å². The molecule has 0 fully saturated rings. The lowest BCUT2D eigenvalue weighted by atomic mass is 9.99. The van der Waals surface area contributed by atoms with Crippen molar-refractivity contribution in [3.63, 3.8) is 0 Å². The van der Waals surface area contributed by atoms with Crippen LogP contribution in [0.15, 0.2) is 0 Å². The Morgan fingerprint density at radius 1 is 0.272 bits per heavy atom. The SMILES string of the molecule is CCC(C)CCCCCCCCCCCCCCCCC(=O)OC[C@H](COP(=O)(O)OCC(O)COP(=O)(O)OC[C@@H](COC(=O)CCCCCCCCCC(C)C)OC(=O)CCCCCCCCCCCCCCCCCCC(C)C)OC(=O)CCCCCCCCCCCCCCCC(C)C. The number of hydrogen-bond donors (Lipinski definition) is 3. The Morgan fingerprint density at radius 3 is 0.689 bits per heavy atom. The third-order valence-electron chi connectivity index (χ3n) is 19.9. The molecule has 0 rings (SSSR count). The first-order valence-electron chi connectivity index (χ1n) is 43.2. The molecule has 0 saturated heterocycles. The minimum absolute atomic E-state index is 0.107. The van der Waals surface area contributed by atoms with Crippen LogP contribution in [-0.4, -0.2) is 96.7 Å². The van der Waals surface area contributed by atoms with Gasteiger partial charge in [0, 0.05) is 25.7 Å². The summed E-state index contributed by atoms with van der Waals surface area (Å²) in [5, 5.41) is 10.7. The number of carbonyl (C=O) groups is 4. The monoisotopic (exact) mass is 1510 g/mol. The summed E-state index contributed by atoms with van der Waals surface area (Å²) in [5.41, 5.74) is 0. The number of rotatable bonds is 81. The maximum atomic E-state index is 13.1. The fraction of sp³-hybridized carbons (Fsp3) is 0.952. The molecule has 0 radical (unpaired) electrons. The van der Waals surface area contributed by atoms with Crippen molar-refractivity contribution in [2.75, 3.05) is 39.6 Å². The van der Waals surface area contributed by atoms with Gasteiger partial charge in [-0.3, -0.25) is 37.3 Å². The van der Waals surface area contributed by atoms with E-state index in [0.29, 0.717) is 31.6 Å². The lowest BCUT2D eigenvalue weighted by Crippen LogP contribution is -2.30. The Morgan fingerprint density at radius 2 is 0.466 bits per heavy atom. The second-order valence-electron chi connectivity index (χ2n) is 31.9. The van der Waals surface area contributed by atoms with Crippen molar-refractivity contribution >= 4 is 39.5 Å². The third kappa shape index (κ3) is 76.6. The molecule has 0 aromatic rings. The van der Waals surface area contributed by atoms with Gasteiger partial charge in [0.25, 0.3) is 0 Å². The normalized spacial score (nSPS) is 14.2. The molecule has 6 atom stereocenters. The van der Waals surface area contributed by atoms with E-state index in [4.69, 9.17) is 37.0 Å². The van der Waals surface area contributed by atoms with Gasteiger partial charge in [0.1, 0.15) is 19.3 Å². The molecule has 0 heterocycles. The van der Waals surface area contributed by atoms with E-state index in [-0.39, 0.29) is 25.7 Å². The summed E-state index contributed by atoms with van der Waals surface area (Å²) in [6.07, 6.45) is 61.1. The first-order valence-corrected chi connectivity index (χ1v) is 46.2. The van der Waals surface area contributed by atoms with Gasteiger partial charge in [-0.05, 0) is 49.4 Å². The summed E-state index contributed by atoms with van der Waals surface area (Å²) >= 11 is 0. The molecular formula is C84H164O17P2. The number of phosphoric acid groups is 2. The van der Waals surface area contributed by atoms with Gasteiger partial charge in [-0.2, -0.15) is 0 Å². The average molecular weight is 1510 g/mol. The van der Waals surface area contributed by atoms with Crippen molar-refractivity contribution in [2.45, 2.75) is 453 Å². The summed E-state index contributed by atoms with van der Waals surface area (Å²) in [5.74, 6) is 1.04. The van der Waals surface area contributed by atoms with Crippen molar-refractivity contribution in [1.82, 2.24) is 0 Å². The van der Waals surface area contributed by atoms with Gasteiger partial charge >= 0.3 is 39.5 Å². The van der Waals surface area contributed by atoms with Crippen molar-refractivity contribution in [1.29, 1.82) is 0 Å². The van der Waals surface area contributed by atoms with Gasteiger partial charge in [0.15, 0.2) is 12.2 Å². The standard InChI is InChI=1S/C84H164O17P2/c1-9-77(8)63-55-47-39-31-25-19-14-15-20-26-32-40-48-56-64-81(86)94-70-79(100-83(88)67-59-51-42-34-28-22-16-18-24-30-37-45-53-61-75(4)5)72-98-102(90,91)96-68-78(85)69-97-103(92,93)99-73-80(71-95-82(87)65-57-49-43-35-38-46-54-62-76(6)7)101-84(89)66-58-50-41-33-27-21-13-11-10-12-17-23-29-36-44-52-60-74(2)3/h74-80,85H,9-73H2,1-8H3,(H,90,91)(H,92,93)/t77?,78?,79-,80-/m1/s1. The minimum atomic E-state index is -4.96. The van der Waals surface area contributed by atoms with Gasteiger partial charge in [0.05, 0.1) is 26.4 Å². The van der Waals surface area contributed by atoms with Crippen LogP contribution in [0.25, 0.3) is 0 Å². The molecule has 0 aliphatic rings. The number of aliphatic hydroxyl groups is 1. The van der Waals surface area contributed by atoms with E-state index >= 15 is 0 Å². The van der Waals surface area contributed by atoms with Crippen molar-refractivity contribution in [3.05, 3.63) is 0 Å². The zero-order chi connectivity index (χ0) is 76.0. The highest BCUT2D eigenvalue weighted by atomic mass is 31.2. The van der Waals surface area contributed by atoms with Crippen molar-refractivity contribution < 1.29 is 80.2 Å². The molecular weight excluding hydrogens is 1340 g/mol. The number of unbranched alkanes of at least 4 members (excludes halogenated alkanes) is 46. The quantitative estimate of drug-likeness (QED) is 0.0222. The van der Waals surface area contributed by atoms with E-state index in [0.717, 1.165) is 114 Å². The molecule has 0 aliphatic carbocycles. The lowest BCUT2D eigenvalue weighted by molar-refractivity contribution is -0.161. The van der Waals surface area contributed by atoms with Gasteiger partial charge < -0.3 is 33.8 Å². The fourth-order valence-electron chi connectivity index (χ4n) is 12.9. The summed E-state index contributed by atoms with van der Waals surface area (Å²) in [6, 6.07) is 0. The third-order valence-corrected chi connectivity index (χ3v) is 21.8. The minimum Gasteiger partial charge on any atom is -0.462 e. The lowest BCUT2D eigenvalue weighted by Gasteiger charge is -2.21. The van der Waals surface area contributed by atoms with E-state index in [1.807, 2.05) is 0 Å². The van der Waals surface area contributed by atoms with E-state index in [1.54, 1.807) is 0 Å². The molecule has 103 heavy (non-hydrogen) atoms. The van der Waals surface area contributed by atoms with E-state index in [9.17, 15) is 43.2 Å². The highest BCUT2D eigenvalue weighted by Gasteiger charge is 2.30. The van der Waals surface area contributed by atoms with Crippen molar-refractivity contribution in [3.8, 4) is 0 Å². The van der Waals surface area contributed by atoms with Gasteiger partial charge in [-0.1, -0.05) is 383 Å². The van der Waals surface area contributed by atoms with Crippen molar-refractivity contribution in [2.24, 2.45) is 23.7 Å². The predicted octanol–water partition coefficient (Wildman–Crippen LogP) is 25.2. The summed E-state index contributed by atoms with van der Waals surface area (Å²) in [7, 11) is -9.93. The van der Waals surface area contributed by atoms with Gasteiger partial charge in [0.2, 0.25) is 0 Å². The van der Waals surface area contributed by atoms with Gasteiger partial charge in [-0.15, -0.1) is 0 Å². The number of ether oxygens (including phenoxy) is 4. The molecule has 17 nitrogen and oxygen atoms in total. The molecule has 4 unspecified atom stereocenters. The molecule has 3 N–H and O–H groups in total. The van der Waals surface area contributed by atoms with Crippen LogP contribution in [-0.2, 0) is 65.4 Å². The van der Waals surface area contributed by atoms with Crippen LogP contribution in [0.2, 0.25) is 0 Å². The Bertz CT molecular complexity index is 2010. The Kier molecular flexibility index (Phi) is 71.5. The Labute approximate surface area is 632 Å². The second kappa shape index (κ2) is 72.9. The molecule has 612 valence electrons. The first-order chi connectivity index (χ1) is 49.6. The molecule has 0 aromatic heterocycles. The molecule has 19 heteroatoms. The molecule has 0 saturated carbocycles. The highest BCUT2D eigenvalue weighted by molar-refractivity contribution is 7.47. The maximum Gasteiger partial charge on any atom is 0.472 e. The van der Waals surface area contributed by atoms with Crippen LogP contribution < -0.4 is 0 Å². The Balaban J connectivity index is 5.23. The number of hydrogen-bond acceptors (Lipinski definition) is 15. The zero-order valence-corrected chi connectivity index (χ0v) is 69.7. The number of esters is 4. The molecule has 0 bridgehead atoms. The topological polar surface area (TPSA) is 237 Å². The first kappa shape index (κ1) is 101. The highest BCUT2D eigenvalue weighted by Crippen LogP contribution is 2.45. The van der Waals surface area contributed by atoms with Crippen LogP contribution in [0.3, 0.4) is 0 Å². The molecule has 0 spiro atoms. The number of phosphoric ester groups is 2. The zero-order valence-electron chi connectivity index (χ0n) is 68.0. The number of aliphatic hydroxyl groups excluding tert-OH is 1. The van der Waals surface area contributed by atoms with Gasteiger partial charge in [-0.25, -0.2) is 9.13 Å². The summed E-state index contributed by atoms with van der Waals surface area (Å²) in [6.45, 7) is 14.3. The maximum absolute atomic E-state index is 13.1. The second-order valence-corrected chi connectivity index (χ2v) is 34.8. The Hall–Kier alpha value is -1.94. The van der Waals surface area contributed by atoms with E-state index in [2.05, 4.69) is 55.4 Å². The van der Waals surface area contributed by atoms with Crippen LogP contribution in [0.1, 0.15) is 434 Å². The number of carbonyl (C=O) groups excluding carboxylic acids is 4. The van der Waals surface area contributed by atoms with E-state index < -0.39 is 97.5 Å². The molecule has 0 aromatic carbocycles. The largest absolute Gasteiger partial charge is 0.472 e. The molecule has 0 amide bonds. The summed E-state index contributed by atoms with van der Waals surface area (Å²) < 4.78 is 68.8. The van der Waals surface area contributed by atoms with Crippen LogP contribution >= 0.6 is 15.6 Å². The van der Waals surface area contributed by atoms with Crippen LogP contribution in [0.4, 0.5) is 0 Å². The summed E-state index contributed by atoms with van der Waals surface area (Å²) in [4.78, 5) is 73.1.